The highest BCUT2D eigenvalue weighted by Crippen LogP contribution is 2.77. The Morgan fingerprint density at radius 3 is 2.69 bits per heavy atom. The first-order valence-electron chi connectivity index (χ1n) is 11.9. The van der Waals surface area contributed by atoms with Gasteiger partial charge in [0.05, 0.1) is 12.2 Å². The van der Waals surface area contributed by atoms with E-state index < -0.39 is 16.8 Å². The third kappa shape index (κ3) is 2.21. The van der Waals surface area contributed by atoms with E-state index in [0.29, 0.717) is 19.3 Å². The molecule has 3 saturated carbocycles. The molecule has 2 aliphatic heterocycles. The quantitative estimate of drug-likeness (QED) is 0.486. The van der Waals surface area contributed by atoms with Crippen molar-refractivity contribution in [1.29, 1.82) is 0 Å². The minimum atomic E-state index is -1.15. The van der Waals surface area contributed by atoms with Crippen molar-refractivity contribution in [3.05, 3.63) is 11.6 Å². The molecule has 174 valence electrons. The second-order valence-corrected chi connectivity index (χ2v) is 11.7. The summed E-state index contributed by atoms with van der Waals surface area (Å²) in [5, 5.41) is 0. The summed E-state index contributed by atoms with van der Waals surface area (Å²) in [5.41, 5.74) is -0.784. The number of fused-ring (bicyclic) bond motifs is 5. The fourth-order valence-corrected chi connectivity index (χ4v) is 8.83. The number of ketones is 2. The van der Waals surface area contributed by atoms with Gasteiger partial charge in [0.1, 0.15) is 5.60 Å². The third-order valence-corrected chi connectivity index (χ3v) is 10.0. The Morgan fingerprint density at radius 1 is 1.16 bits per heavy atom. The van der Waals surface area contributed by atoms with Gasteiger partial charge in [-0.1, -0.05) is 19.4 Å². The molecule has 0 N–H and O–H groups in total. The van der Waals surface area contributed by atoms with Crippen LogP contribution in [0.25, 0.3) is 0 Å². The van der Waals surface area contributed by atoms with E-state index in [1.807, 2.05) is 19.9 Å². The van der Waals surface area contributed by atoms with Crippen LogP contribution in [0.15, 0.2) is 11.6 Å². The lowest BCUT2D eigenvalue weighted by Gasteiger charge is -2.57. The van der Waals surface area contributed by atoms with Crippen LogP contribution in [0.3, 0.4) is 0 Å². The number of hydrogen-bond acceptors (Lipinski definition) is 7. The van der Waals surface area contributed by atoms with E-state index in [0.717, 1.165) is 25.7 Å². The highest BCUT2D eigenvalue weighted by atomic mass is 16.8. The Morgan fingerprint density at radius 2 is 1.94 bits per heavy atom. The van der Waals surface area contributed by atoms with Crippen LogP contribution < -0.4 is 0 Å². The Kier molecular flexibility index (Phi) is 4.00. The third-order valence-electron chi connectivity index (χ3n) is 10.0. The number of Topliss-reactive ketones (excluding diaryl/α,β-unsaturated/α-hetero) is 1. The number of rotatable bonds is 4. The summed E-state index contributed by atoms with van der Waals surface area (Å²) in [6.45, 7) is 8.14. The standard InChI is InChI=1S/C25H32O7/c1-21(2)30-19-10-17-16-6-5-14-9-15(27)7-8-22(14,3)24(16)20(31-24)11-23(17,4)25(19,32-21)18(28)12-29-13-26/h9,13,16-17,19-20H,5-8,10-12H2,1-4H3/t16?,17?,19?,20-,22?,23?,24?,25?/m0/s1. The first kappa shape index (κ1) is 21.0. The molecule has 1 spiro atoms. The average molecular weight is 445 g/mol. The fourth-order valence-electron chi connectivity index (χ4n) is 8.83. The first-order chi connectivity index (χ1) is 15.0. The number of carbonyl (C=O) groups is 3. The van der Waals surface area contributed by atoms with Crippen LogP contribution in [0.2, 0.25) is 0 Å². The van der Waals surface area contributed by atoms with E-state index in [9.17, 15) is 14.4 Å². The second-order valence-electron chi connectivity index (χ2n) is 11.7. The van der Waals surface area contributed by atoms with Crippen molar-refractivity contribution in [3.8, 4) is 0 Å². The van der Waals surface area contributed by atoms with Crippen molar-refractivity contribution < 1.29 is 33.3 Å². The molecule has 6 rings (SSSR count). The van der Waals surface area contributed by atoms with Crippen LogP contribution in [0.1, 0.15) is 66.2 Å². The number of epoxide rings is 1. The first-order valence-corrected chi connectivity index (χ1v) is 11.9. The van der Waals surface area contributed by atoms with Gasteiger partial charge in [0, 0.05) is 17.3 Å². The lowest BCUT2D eigenvalue weighted by atomic mass is 9.46. The van der Waals surface area contributed by atoms with Crippen LogP contribution in [-0.2, 0) is 33.3 Å². The Labute approximate surface area is 188 Å². The molecule has 7 nitrogen and oxygen atoms in total. The molecule has 0 aromatic heterocycles. The monoisotopic (exact) mass is 444 g/mol. The van der Waals surface area contributed by atoms with Crippen molar-refractivity contribution in [3.63, 3.8) is 0 Å². The Bertz CT molecular complexity index is 954. The summed E-state index contributed by atoms with van der Waals surface area (Å²) in [5.74, 6) is -0.404. The van der Waals surface area contributed by atoms with E-state index in [2.05, 4.69) is 13.8 Å². The summed E-state index contributed by atoms with van der Waals surface area (Å²) in [4.78, 5) is 36.6. The molecule has 32 heavy (non-hydrogen) atoms. The maximum atomic E-state index is 13.6. The van der Waals surface area contributed by atoms with Crippen molar-refractivity contribution in [2.24, 2.45) is 22.7 Å². The molecule has 2 heterocycles. The molecule has 7 unspecified atom stereocenters. The molecule has 0 bridgehead atoms. The molecule has 8 atom stereocenters. The second kappa shape index (κ2) is 6.10. The summed E-state index contributed by atoms with van der Waals surface area (Å²) in [6, 6.07) is 0. The lowest BCUT2D eigenvalue weighted by molar-refractivity contribution is -0.212. The van der Waals surface area contributed by atoms with E-state index >= 15 is 0 Å². The Hall–Kier alpha value is -1.57. The van der Waals surface area contributed by atoms with Crippen LogP contribution >= 0.6 is 0 Å². The average Bonchev–Trinajstić information content (AvgIpc) is 3.30. The van der Waals surface area contributed by atoms with Gasteiger partial charge in [0.2, 0.25) is 5.78 Å². The van der Waals surface area contributed by atoms with Gasteiger partial charge in [-0.15, -0.1) is 0 Å². The van der Waals surface area contributed by atoms with Gasteiger partial charge in [-0.2, -0.15) is 0 Å². The maximum Gasteiger partial charge on any atom is 0.293 e. The molecule has 0 amide bonds. The minimum absolute atomic E-state index is 0.0263. The van der Waals surface area contributed by atoms with Crippen LogP contribution in [0, 0.1) is 22.7 Å². The molecular formula is C25H32O7. The molecule has 6 aliphatic rings. The molecule has 0 radical (unpaired) electrons. The maximum absolute atomic E-state index is 13.6. The smallest absolute Gasteiger partial charge is 0.293 e. The number of carbonyl (C=O) groups excluding carboxylic acids is 3. The van der Waals surface area contributed by atoms with E-state index in [1.165, 1.54) is 5.57 Å². The molecule has 5 fully saturated rings. The van der Waals surface area contributed by atoms with Gasteiger partial charge in [0.25, 0.3) is 6.47 Å². The van der Waals surface area contributed by atoms with Crippen molar-refractivity contribution in [2.75, 3.05) is 6.61 Å². The fraction of sp³-hybridized carbons (Fsp3) is 0.800. The predicted octanol–water partition coefficient (Wildman–Crippen LogP) is 2.89. The number of hydrogen-bond donors (Lipinski definition) is 0. The SMILES string of the molecule is CC1(C)OC2CC3C4CCC5=CC(=O)CCC5(C)C45O[C@H]5CC3(C)C2(C(=O)COC=O)O1. The molecular weight excluding hydrogens is 412 g/mol. The van der Waals surface area contributed by atoms with Crippen molar-refractivity contribution >= 4 is 18.0 Å². The van der Waals surface area contributed by atoms with Gasteiger partial charge in [-0.05, 0) is 63.9 Å². The number of ether oxygens (including phenoxy) is 4. The minimum Gasteiger partial charge on any atom is -0.460 e. The molecule has 7 heteroatoms. The predicted molar refractivity (Wildman–Crippen MR) is 111 cm³/mol. The highest BCUT2D eigenvalue weighted by Gasteiger charge is 2.84. The molecule has 0 aromatic rings. The molecule has 2 saturated heterocycles. The summed E-state index contributed by atoms with van der Waals surface area (Å²) in [6.07, 6.45) is 6.19. The van der Waals surface area contributed by atoms with Gasteiger partial charge in [0.15, 0.2) is 23.8 Å². The highest BCUT2D eigenvalue weighted by molar-refractivity contribution is 5.92. The van der Waals surface area contributed by atoms with Gasteiger partial charge in [-0.3, -0.25) is 14.4 Å². The van der Waals surface area contributed by atoms with Crippen LogP contribution in [0.5, 0.6) is 0 Å². The normalized spacial score (nSPS) is 52.0. The summed E-state index contributed by atoms with van der Waals surface area (Å²) in [7, 11) is 0. The van der Waals surface area contributed by atoms with Gasteiger partial charge >= 0.3 is 0 Å². The van der Waals surface area contributed by atoms with Gasteiger partial charge < -0.3 is 18.9 Å². The zero-order chi connectivity index (χ0) is 22.7. The lowest BCUT2D eigenvalue weighted by Crippen LogP contribution is -2.63. The molecule has 0 aromatic carbocycles. The van der Waals surface area contributed by atoms with Crippen molar-refractivity contribution in [1.82, 2.24) is 0 Å². The zero-order valence-corrected chi connectivity index (χ0v) is 19.3. The van der Waals surface area contributed by atoms with Crippen LogP contribution in [-0.4, -0.2) is 53.8 Å². The van der Waals surface area contributed by atoms with Crippen molar-refractivity contribution in [2.45, 2.75) is 95.4 Å². The Balaban J connectivity index is 1.42. The summed E-state index contributed by atoms with van der Waals surface area (Å²) >= 11 is 0. The van der Waals surface area contributed by atoms with Gasteiger partial charge in [-0.25, -0.2) is 0 Å². The molecule has 4 aliphatic carbocycles. The van der Waals surface area contributed by atoms with E-state index in [-0.39, 0.29) is 53.2 Å². The topological polar surface area (TPSA) is 91.4 Å². The summed E-state index contributed by atoms with van der Waals surface area (Å²) < 4.78 is 24.4. The zero-order valence-electron chi connectivity index (χ0n) is 19.3. The van der Waals surface area contributed by atoms with Crippen LogP contribution in [0.4, 0.5) is 0 Å². The van der Waals surface area contributed by atoms with E-state index in [1.54, 1.807) is 0 Å². The largest absolute Gasteiger partial charge is 0.460 e. The van der Waals surface area contributed by atoms with E-state index in [4.69, 9.17) is 18.9 Å².